The predicted octanol–water partition coefficient (Wildman–Crippen LogP) is 3.80. The number of fused-ring (bicyclic) bond motifs is 1. The van der Waals surface area contributed by atoms with Crippen molar-refractivity contribution in [2.24, 2.45) is 0 Å². The summed E-state index contributed by atoms with van der Waals surface area (Å²) in [4.78, 5) is 35.3. The number of aromatic nitrogens is 2. The second-order valence-corrected chi connectivity index (χ2v) is 9.43. The number of furan rings is 1. The van der Waals surface area contributed by atoms with Crippen LogP contribution in [-0.4, -0.2) is 51.4 Å². The van der Waals surface area contributed by atoms with E-state index in [-0.39, 0.29) is 11.5 Å². The molecule has 2 aliphatic rings. The first-order chi connectivity index (χ1) is 16.5. The standard InChI is InChI=1S/C27H32N4O3/c1-19-16-23(20(2)34-19)26(32)30-13-8-25-22(18-30)17-24(21-6-9-28-10-7-21)27(33)31(25)15-14-29-11-4-3-5-12-29/h6-7,9-10,16-17H,3-5,8,11-15,18H2,1-2H3. The number of hydrogen-bond donors (Lipinski definition) is 0. The molecule has 0 aromatic carbocycles. The van der Waals surface area contributed by atoms with Crippen LogP contribution >= 0.6 is 0 Å². The molecule has 178 valence electrons. The first-order valence-corrected chi connectivity index (χ1v) is 12.3. The van der Waals surface area contributed by atoms with Crippen molar-refractivity contribution in [1.29, 1.82) is 0 Å². The summed E-state index contributed by atoms with van der Waals surface area (Å²) in [6.07, 6.45) is 7.85. The van der Waals surface area contributed by atoms with Gasteiger partial charge in [0.25, 0.3) is 11.5 Å². The van der Waals surface area contributed by atoms with Gasteiger partial charge < -0.3 is 18.8 Å². The maximum absolute atomic E-state index is 13.6. The molecular formula is C27H32N4O3. The van der Waals surface area contributed by atoms with E-state index in [1.807, 2.05) is 47.6 Å². The molecule has 0 atom stereocenters. The minimum atomic E-state index is -0.0171. The normalized spacial score (nSPS) is 16.5. The zero-order valence-corrected chi connectivity index (χ0v) is 20.0. The minimum Gasteiger partial charge on any atom is -0.466 e. The topological polar surface area (TPSA) is 71.6 Å². The number of pyridine rings is 2. The number of hydrogen-bond acceptors (Lipinski definition) is 5. The molecule has 0 radical (unpaired) electrons. The maximum atomic E-state index is 13.6. The first kappa shape index (κ1) is 22.6. The largest absolute Gasteiger partial charge is 0.466 e. The molecule has 1 saturated heterocycles. The molecule has 7 heteroatoms. The SMILES string of the molecule is Cc1cc(C(=O)N2CCc3c(cc(-c4ccncc4)c(=O)n3CCN3CCCCC3)C2)c(C)o1. The van der Waals surface area contributed by atoms with E-state index in [1.54, 1.807) is 12.4 Å². The minimum absolute atomic E-state index is 0.0171. The average molecular weight is 461 g/mol. The summed E-state index contributed by atoms with van der Waals surface area (Å²) < 4.78 is 7.56. The van der Waals surface area contributed by atoms with Crippen molar-refractivity contribution in [2.75, 3.05) is 26.2 Å². The Bertz CT molecular complexity index is 1240. The Morgan fingerprint density at radius 2 is 1.79 bits per heavy atom. The molecule has 0 saturated carbocycles. The van der Waals surface area contributed by atoms with Gasteiger partial charge in [-0.25, -0.2) is 0 Å². The van der Waals surface area contributed by atoms with Crippen LogP contribution in [0.3, 0.4) is 0 Å². The van der Waals surface area contributed by atoms with Crippen molar-refractivity contribution >= 4 is 5.91 Å². The predicted molar refractivity (Wildman–Crippen MR) is 131 cm³/mol. The van der Waals surface area contributed by atoms with Crippen LogP contribution in [0, 0.1) is 13.8 Å². The van der Waals surface area contributed by atoms with Gasteiger partial charge in [0.2, 0.25) is 0 Å². The summed E-state index contributed by atoms with van der Waals surface area (Å²) in [5.74, 6) is 1.37. The van der Waals surface area contributed by atoms with Gasteiger partial charge in [0.05, 0.1) is 5.56 Å². The number of nitrogens with zero attached hydrogens (tertiary/aromatic N) is 4. The van der Waals surface area contributed by atoms with Gasteiger partial charge in [-0.15, -0.1) is 0 Å². The van der Waals surface area contributed by atoms with Gasteiger partial charge in [-0.1, -0.05) is 6.42 Å². The molecule has 1 amide bonds. The van der Waals surface area contributed by atoms with Gasteiger partial charge in [0.15, 0.2) is 0 Å². The molecule has 3 aromatic rings. The van der Waals surface area contributed by atoms with Gasteiger partial charge in [0.1, 0.15) is 11.5 Å². The lowest BCUT2D eigenvalue weighted by Gasteiger charge is -2.32. The summed E-state index contributed by atoms with van der Waals surface area (Å²) in [6.45, 7) is 8.53. The van der Waals surface area contributed by atoms with Crippen LogP contribution in [0.2, 0.25) is 0 Å². The van der Waals surface area contributed by atoms with Crippen LogP contribution < -0.4 is 5.56 Å². The molecule has 1 fully saturated rings. The van der Waals surface area contributed by atoms with Crippen LogP contribution in [0.5, 0.6) is 0 Å². The number of piperidine rings is 1. The van der Waals surface area contributed by atoms with Gasteiger partial charge in [-0.2, -0.15) is 0 Å². The Morgan fingerprint density at radius 3 is 2.50 bits per heavy atom. The van der Waals surface area contributed by atoms with Crippen LogP contribution in [0.15, 0.2) is 45.9 Å². The van der Waals surface area contributed by atoms with E-state index in [0.717, 1.165) is 42.2 Å². The third-order valence-corrected chi connectivity index (χ3v) is 7.11. The van der Waals surface area contributed by atoms with Crippen molar-refractivity contribution in [2.45, 2.75) is 52.6 Å². The summed E-state index contributed by atoms with van der Waals surface area (Å²) in [6, 6.07) is 7.55. The van der Waals surface area contributed by atoms with E-state index in [2.05, 4.69) is 9.88 Å². The highest BCUT2D eigenvalue weighted by molar-refractivity contribution is 5.95. The highest BCUT2D eigenvalue weighted by atomic mass is 16.3. The second kappa shape index (κ2) is 9.58. The van der Waals surface area contributed by atoms with Crippen molar-refractivity contribution in [1.82, 2.24) is 19.4 Å². The Balaban J connectivity index is 1.49. The monoisotopic (exact) mass is 460 g/mol. The van der Waals surface area contributed by atoms with Crippen LogP contribution in [0.25, 0.3) is 11.1 Å². The van der Waals surface area contributed by atoms with E-state index in [0.29, 0.717) is 42.9 Å². The number of carbonyl (C=O) groups excluding carboxylic acids is 1. The number of rotatable bonds is 5. The lowest BCUT2D eigenvalue weighted by atomic mass is 9.99. The third kappa shape index (κ3) is 4.44. The van der Waals surface area contributed by atoms with E-state index < -0.39 is 0 Å². The quantitative estimate of drug-likeness (QED) is 0.579. The Kier molecular flexibility index (Phi) is 6.37. The highest BCUT2D eigenvalue weighted by Gasteiger charge is 2.28. The molecule has 7 nitrogen and oxygen atoms in total. The summed E-state index contributed by atoms with van der Waals surface area (Å²) in [5.41, 5.74) is 4.30. The van der Waals surface area contributed by atoms with Gasteiger partial charge in [0, 0.05) is 56.3 Å². The molecular weight excluding hydrogens is 428 g/mol. The fourth-order valence-electron chi connectivity index (χ4n) is 5.30. The van der Waals surface area contributed by atoms with Gasteiger partial charge in [-0.3, -0.25) is 14.6 Å². The van der Waals surface area contributed by atoms with E-state index >= 15 is 0 Å². The second-order valence-electron chi connectivity index (χ2n) is 9.43. The summed E-state index contributed by atoms with van der Waals surface area (Å²) in [5, 5.41) is 0. The Morgan fingerprint density at radius 1 is 1.03 bits per heavy atom. The number of amides is 1. The summed E-state index contributed by atoms with van der Waals surface area (Å²) in [7, 11) is 0. The molecule has 0 spiro atoms. The molecule has 0 N–H and O–H groups in total. The van der Waals surface area contributed by atoms with Gasteiger partial charge >= 0.3 is 0 Å². The maximum Gasteiger partial charge on any atom is 0.258 e. The number of carbonyl (C=O) groups is 1. The fraction of sp³-hybridized carbons (Fsp3) is 0.444. The van der Waals surface area contributed by atoms with Crippen molar-refractivity contribution < 1.29 is 9.21 Å². The first-order valence-electron chi connectivity index (χ1n) is 12.3. The van der Waals surface area contributed by atoms with E-state index in [4.69, 9.17) is 4.42 Å². The molecule has 34 heavy (non-hydrogen) atoms. The average Bonchev–Trinajstić information content (AvgIpc) is 3.21. The van der Waals surface area contributed by atoms with Gasteiger partial charge in [-0.05, 0) is 75.2 Å². The number of likely N-dealkylation sites (tertiary alicyclic amines) is 1. The zero-order valence-electron chi connectivity index (χ0n) is 20.0. The molecule has 5 rings (SSSR count). The fourth-order valence-corrected chi connectivity index (χ4v) is 5.30. The molecule has 3 aromatic heterocycles. The van der Waals surface area contributed by atoms with E-state index in [9.17, 15) is 9.59 Å². The van der Waals surface area contributed by atoms with Crippen molar-refractivity contribution in [3.05, 3.63) is 75.4 Å². The van der Waals surface area contributed by atoms with E-state index in [1.165, 1.54) is 19.3 Å². The van der Waals surface area contributed by atoms with Crippen LogP contribution in [0.1, 0.15) is 52.4 Å². The lowest BCUT2D eigenvalue weighted by Crippen LogP contribution is -2.41. The zero-order chi connectivity index (χ0) is 23.7. The molecule has 0 aliphatic carbocycles. The highest BCUT2D eigenvalue weighted by Crippen LogP contribution is 2.26. The smallest absolute Gasteiger partial charge is 0.258 e. The van der Waals surface area contributed by atoms with Crippen LogP contribution in [-0.2, 0) is 19.5 Å². The molecule has 2 aliphatic heterocycles. The Labute approximate surface area is 200 Å². The Hall–Kier alpha value is -3.19. The molecule has 0 unspecified atom stereocenters. The van der Waals surface area contributed by atoms with Crippen molar-refractivity contribution in [3.8, 4) is 11.1 Å². The van der Waals surface area contributed by atoms with Crippen molar-refractivity contribution in [3.63, 3.8) is 0 Å². The lowest BCUT2D eigenvalue weighted by molar-refractivity contribution is 0.0730. The molecule has 5 heterocycles. The number of aryl methyl sites for hydroxylation is 2. The molecule has 0 bridgehead atoms. The van der Waals surface area contributed by atoms with Crippen LogP contribution in [0.4, 0.5) is 0 Å². The summed E-state index contributed by atoms with van der Waals surface area (Å²) >= 11 is 0. The third-order valence-electron chi connectivity index (χ3n) is 7.11.